The fourth-order valence-electron chi connectivity index (χ4n) is 2.02. The lowest BCUT2D eigenvalue weighted by molar-refractivity contribution is 0.747. The van der Waals surface area contributed by atoms with Crippen LogP contribution in [0.5, 0.6) is 0 Å². The molecule has 0 aliphatic heterocycles. The van der Waals surface area contributed by atoms with Crippen molar-refractivity contribution in [3.63, 3.8) is 0 Å². The van der Waals surface area contributed by atoms with Gasteiger partial charge in [0.15, 0.2) is 0 Å². The van der Waals surface area contributed by atoms with Crippen molar-refractivity contribution in [2.45, 2.75) is 26.3 Å². The van der Waals surface area contributed by atoms with Gasteiger partial charge >= 0.3 is 0 Å². The zero-order chi connectivity index (χ0) is 14.7. The molecule has 0 aliphatic carbocycles. The summed E-state index contributed by atoms with van der Waals surface area (Å²) in [4.78, 5) is 4.24. The standard InChI is InChI=1S/C15H15Cl3N2/c1-3-13(10-4-5-11(16)12(17)8-10)20-14-6-7-15(18)19-9(14)2/h4-8,13,20H,3H2,1-2H3. The highest BCUT2D eigenvalue weighted by Gasteiger charge is 2.12. The monoisotopic (exact) mass is 328 g/mol. The molecule has 0 spiro atoms. The van der Waals surface area contributed by atoms with E-state index in [1.54, 1.807) is 6.07 Å². The van der Waals surface area contributed by atoms with Crippen LogP contribution in [-0.4, -0.2) is 4.98 Å². The van der Waals surface area contributed by atoms with Crippen molar-refractivity contribution in [1.82, 2.24) is 4.98 Å². The van der Waals surface area contributed by atoms with Crippen LogP contribution in [0.25, 0.3) is 0 Å². The second-order valence-electron chi connectivity index (χ2n) is 4.55. The van der Waals surface area contributed by atoms with Gasteiger partial charge in [0.05, 0.1) is 27.5 Å². The molecule has 0 amide bonds. The second kappa shape index (κ2) is 6.66. The van der Waals surface area contributed by atoms with Gasteiger partial charge in [0, 0.05) is 0 Å². The van der Waals surface area contributed by atoms with Crippen LogP contribution in [-0.2, 0) is 0 Å². The first-order valence-electron chi connectivity index (χ1n) is 6.36. The summed E-state index contributed by atoms with van der Waals surface area (Å²) in [5, 5.41) is 5.09. The van der Waals surface area contributed by atoms with Gasteiger partial charge in [-0.2, -0.15) is 0 Å². The molecule has 106 valence electrons. The lowest BCUT2D eigenvalue weighted by Gasteiger charge is -2.20. The smallest absolute Gasteiger partial charge is 0.129 e. The molecule has 5 heteroatoms. The quantitative estimate of drug-likeness (QED) is 0.705. The van der Waals surface area contributed by atoms with Crippen LogP contribution in [0.2, 0.25) is 15.2 Å². The number of nitrogens with zero attached hydrogens (tertiary/aromatic N) is 1. The van der Waals surface area contributed by atoms with Gasteiger partial charge in [0.25, 0.3) is 0 Å². The molecular formula is C15H15Cl3N2. The van der Waals surface area contributed by atoms with E-state index in [0.29, 0.717) is 15.2 Å². The Labute approximate surface area is 134 Å². The van der Waals surface area contributed by atoms with Gasteiger partial charge in [-0.25, -0.2) is 4.98 Å². The highest BCUT2D eigenvalue weighted by atomic mass is 35.5. The number of aromatic nitrogens is 1. The number of halogens is 3. The summed E-state index contributed by atoms with van der Waals surface area (Å²) in [6, 6.07) is 9.55. The number of rotatable bonds is 4. The number of pyridine rings is 1. The Balaban J connectivity index is 2.26. The van der Waals surface area contributed by atoms with Crippen LogP contribution < -0.4 is 5.32 Å². The Hall–Kier alpha value is -0.960. The number of anilines is 1. The van der Waals surface area contributed by atoms with E-state index in [1.165, 1.54) is 0 Å². The Kier molecular flexibility index (Phi) is 5.14. The molecule has 0 bridgehead atoms. The summed E-state index contributed by atoms with van der Waals surface area (Å²) < 4.78 is 0. The van der Waals surface area contributed by atoms with Gasteiger partial charge in [-0.05, 0) is 43.2 Å². The molecular weight excluding hydrogens is 315 g/mol. The number of hydrogen-bond donors (Lipinski definition) is 1. The topological polar surface area (TPSA) is 24.9 Å². The van der Waals surface area contributed by atoms with E-state index in [9.17, 15) is 0 Å². The summed E-state index contributed by atoms with van der Waals surface area (Å²) in [6.45, 7) is 4.04. The van der Waals surface area contributed by atoms with Gasteiger partial charge < -0.3 is 5.32 Å². The molecule has 2 rings (SSSR count). The van der Waals surface area contributed by atoms with Crippen molar-refractivity contribution in [2.24, 2.45) is 0 Å². The van der Waals surface area contributed by atoms with E-state index in [-0.39, 0.29) is 6.04 Å². The van der Waals surface area contributed by atoms with E-state index in [1.807, 2.05) is 31.2 Å². The van der Waals surface area contributed by atoms with Crippen LogP contribution in [0.4, 0.5) is 5.69 Å². The summed E-state index contributed by atoms with van der Waals surface area (Å²) in [6.07, 6.45) is 0.917. The normalized spacial score (nSPS) is 12.2. The van der Waals surface area contributed by atoms with Crippen LogP contribution in [0.1, 0.15) is 30.6 Å². The third-order valence-corrected chi connectivity index (χ3v) is 4.09. The van der Waals surface area contributed by atoms with Crippen LogP contribution in [0.15, 0.2) is 30.3 Å². The predicted octanol–water partition coefficient (Wildman–Crippen LogP) is 5.91. The van der Waals surface area contributed by atoms with Crippen molar-refractivity contribution in [1.29, 1.82) is 0 Å². The van der Waals surface area contributed by atoms with Gasteiger partial charge in [-0.1, -0.05) is 47.8 Å². The first-order valence-corrected chi connectivity index (χ1v) is 7.49. The van der Waals surface area contributed by atoms with Crippen molar-refractivity contribution < 1.29 is 0 Å². The van der Waals surface area contributed by atoms with Gasteiger partial charge in [-0.3, -0.25) is 0 Å². The minimum Gasteiger partial charge on any atom is -0.377 e. The maximum Gasteiger partial charge on any atom is 0.129 e. The second-order valence-corrected chi connectivity index (χ2v) is 5.75. The molecule has 0 saturated heterocycles. The molecule has 0 fully saturated rings. The molecule has 1 heterocycles. The fraction of sp³-hybridized carbons (Fsp3) is 0.267. The molecule has 0 saturated carbocycles. The number of aryl methyl sites for hydroxylation is 1. The third-order valence-electron chi connectivity index (χ3n) is 3.14. The number of hydrogen-bond acceptors (Lipinski definition) is 2. The minimum absolute atomic E-state index is 0.145. The summed E-state index contributed by atoms with van der Waals surface area (Å²) in [7, 11) is 0. The van der Waals surface area contributed by atoms with E-state index in [4.69, 9.17) is 34.8 Å². The highest BCUT2D eigenvalue weighted by Crippen LogP contribution is 2.29. The summed E-state index contributed by atoms with van der Waals surface area (Å²) in [5.41, 5.74) is 2.93. The van der Waals surface area contributed by atoms with Crippen LogP contribution in [0.3, 0.4) is 0 Å². The third kappa shape index (κ3) is 3.57. The SMILES string of the molecule is CCC(Nc1ccc(Cl)nc1C)c1ccc(Cl)c(Cl)c1. The maximum absolute atomic E-state index is 6.08. The number of benzene rings is 1. The van der Waals surface area contributed by atoms with E-state index < -0.39 is 0 Å². The summed E-state index contributed by atoms with van der Waals surface area (Å²) >= 11 is 17.9. The average molecular weight is 330 g/mol. The first kappa shape index (κ1) is 15.4. The Morgan fingerprint density at radius 1 is 1.10 bits per heavy atom. The van der Waals surface area contributed by atoms with Crippen molar-refractivity contribution in [3.05, 3.63) is 56.8 Å². The van der Waals surface area contributed by atoms with Gasteiger partial charge in [0.2, 0.25) is 0 Å². The molecule has 0 radical (unpaired) electrons. The predicted molar refractivity (Wildman–Crippen MR) is 87.1 cm³/mol. The van der Waals surface area contributed by atoms with Crippen molar-refractivity contribution in [3.8, 4) is 0 Å². The molecule has 0 aliphatic rings. The fourth-order valence-corrected chi connectivity index (χ4v) is 2.52. The summed E-state index contributed by atoms with van der Waals surface area (Å²) in [5.74, 6) is 0. The molecule has 2 aromatic rings. The van der Waals surface area contributed by atoms with Crippen molar-refractivity contribution in [2.75, 3.05) is 5.32 Å². The largest absolute Gasteiger partial charge is 0.377 e. The molecule has 20 heavy (non-hydrogen) atoms. The Morgan fingerprint density at radius 3 is 2.45 bits per heavy atom. The highest BCUT2D eigenvalue weighted by molar-refractivity contribution is 6.42. The van der Waals surface area contributed by atoms with E-state index in [0.717, 1.165) is 23.4 Å². The molecule has 1 N–H and O–H groups in total. The van der Waals surface area contributed by atoms with E-state index >= 15 is 0 Å². The zero-order valence-corrected chi connectivity index (χ0v) is 13.5. The van der Waals surface area contributed by atoms with Crippen molar-refractivity contribution >= 4 is 40.5 Å². The lowest BCUT2D eigenvalue weighted by Crippen LogP contribution is -2.11. The Bertz CT molecular complexity index is 614. The molecule has 1 aromatic heterocycles. The lowest BCUT2D eigenvalue weighted by atomic mass is 10.0. The zero-order valence-electron chi connectivity index (χ0n) is 11.3. The number of nitrogens with one attached hydrogen (secondary N) is 1. The van der Waals surface area contributed by atoms with E-state index in [2.05, 4.69) is 17.2 Å². The molecule has 1 unspecified atom stereocenters. The molecule has 2 nitrogen and oxygen atoms in total. The molecule has 1 atom stereocenters. The van der Waals surface area contributed by atoms with Crippen LogP contribution >= 0.6 is 34.8 Å². The first-order chi connectivity index (χ1) is 9.51. The average Bonchev–Trinajstić information content (AvgIpc) is 2.41. The Morgan fingerprint density at radius 2 is 1.85 bits per heavy atom. The van der Waals surface area contributed by atoms with Crippen LogP contribution in [0, 0.1) is 6.92 Å². The molecule has 1 aromatic carbocycles. The van der Waals surface area contributed by atoms with Gasteiger partial charge in [0.1, 0.15) is 5.15 Å². The maximum atomic E-state index is 6.08. The minimum atomic E-state index is 0.145. The van der Waals surface area contributed by atoms with Gasteiger partial charge in [-0.15, -0.1) is 0 Å².